The molecule has 0 amide bonds. The smallest absolute Gasteiger partial charge is 0.244 e. The molecule has 112 valence electrons. The van der Waals surface area contributed by atoms with Gasteiger partial charge in [0.2, 0.25) is 10.0 Å². The van der Waals surface area contributed by atoms with E-state index in [9.17, 15) is 8.42 Å². The molecule has 2 heterocycles. The van der Waals surface area contributed by atoms with Crippen molar-refractivity contribution >= 4 is 43.1 Å². The van der Waals surface area contributed by atoms with Crippen LogP contribution in [0.25, 0.3) is 0 Å². The van der Waals surface area contributed by atoms with E-state index in [4.69, 9.17) is 5.73 Å². The summed E-state index contributed by atoms with van der Waals surface area (Å²) in [5.41, 5.74) is 6.79. The Kier molecular flexibility index (Phi) is 4.04. The van der Waals surface area contributed by atoms with Crippen LogP contribution in [0.4, 0.5) is 5.82 Å². The summed E-state index contributed by atoms with van der Waals surface area (Å²) in [6.07, 6.45) is 4.27. The van der Waals surface area contributed by atoms with Gasteiger partial charge in [-0.05, 0) is 58.3 Å². The number of hydrogen-bond donors (Lipinski definition) is 2. The highest BCUT2D eigenvalue weighted by molar-refractivity contribution is 9.10. The number of hydrogen-bond acceptors (Lipinski definition) is 5. The molecule has 0 aromatic carbocycles. The Hall–Kier alpha value is -0.960. The molecule has 1 aliphatic rings. The maximum atomic E-state index is 12.6. The lowest BCUT2D eigenvalue weighted by atomic mass is 9.95. The van der Waals surface area contributed by atoms with Crippen molar-refractivity contribution in [2.24, 2.45) is 0 Å². The third-order valence-electron chi connectivity index (χ3n) is 3.49. The number of fused-ring (bicyclic) bond motifs is 1. The largest absolute Gasteiger partial charge is 0.383 e. The van der Waals surface area contributed by atoms with Crippen LogP contribution in [0.15, 0.2) is 33.1 Å². The van der Waals surface area contributed by atoms with Gasteiger partial charge >= 0.3 is 0 Å². The molecule has 0 aliphatic heterocycles. The third-order valence-corrected chi connectivity index (χ3v) is 6.42. The second-order valence-electron chi connectivity index (χ2n) is 4.90. The van der Waals surface area contributed by atoms with Gasteiger partial charge in [0, 0.05) is 21.6 Å². The Bertz CT molecular complexity index is 773. The number of rotatable bonds is 3. The Morgan fingerprint density at radius 1 is 1.48 bits per heavy atom. The summed E-state index contributed by atoms with van der Waals surface area (Å²) in [5, 5.41) is 2.01. The number of pyridine rings is 1. The van der Waals surface area contributed by atoms with Gasteiger partial charge in [-0.3, -0.25) is 0 Å². The molecule has 3 N–H and O–H groups in total. The molecule has 0 saturated heterocycles. The van der Waals surface area contributed by atoms with Gasteiger partial charge < -0.3 is 5.73 Å². The average Bonchev–Trinajstić information content (AvgIpc) is 2.90. The molecule has 21 heavy (non-hydrogen) atoms. The molecule has 2 aromatic rings. The van der Waals surface area contributed by atoms with Gasteiger partial charge in [0.15, 0.2) is 0 Å². The van der Waals surface area contributed by atoms with Crippen molar-refractivity contribution in [3.05, 3.63) is 38.6 Å². The molecule has 1 unspecified atom stereocenters. The number of nitrogens with two attached hydrogens (primary N) is 1. The van der Waals surface area contributed by atoms with Crippen molar-refractivity contribution in [3.63, 3.8) is 0 Å². The zero-order chi connectivity index (χ0) is 15.0. The van der Waals surface area contributed by atoms with Crippen LogP contribution in [0.2, 0.25) is 0 Å². The highest BCUT2D eigenvalue weighted by Crippen LogP contribution is 2.34. The fourth-order valence-corrected chi connectivity index (χ4v) is 5.33. The van der Waals surface area contributed by atoms with E-state index in [1.54, 1.807) is 11.3 Å². The first-order chi connectivity index (χ1) is 9.97. The number of thiophene rings is 1. The number of aryl methyl sites for hydroxylation is 1. The van der Waals surface area contributed by atoms with Crippen molar-refractivity contribution in [2.45, 2.75) is 30.2 Å². The first kappa shape index (κ1) is 15.0. The van der Waals surface area contributed by atoms with Crippen molar-refractivity contribution in [3.8, 4) is 0 Å². The van der Waals surface area contributed by atoms with E-state index in [-0.39, 0.29) is 16.8 Å². The van der Waals surface area contributed by atoms with Crippen molar-refractivity contribution in [1.82, 2.24) is 9.71 Å². The molecule has 0 spiro atoms. The molecule has 0 saturated carbocycles. The minimum Gasteiger partial charge on any atom is -0.383 e. The second-order valence-corrected chi connectivity index (χ2v) is 8.50. The molecule has 0 fully saturated rings. The lowest BCUT2D eigenvalue weighted by Crippen LogP contribution is -2.31. The average molecular weight is 388 g/mol. The first-order valence-electron chi connectivity index (χ1n) is 6.47. The molecular formula is C13H14BrN3O2S2. The van der Waals surface area contributed by atoms with Crippen LogP contribution in [0, 0.1) is 0 Å². The van der Waals surface area contributed by atoms with E-state index >= 15 is 0 Å². The van der Waals surface area contributed by atoms with Crippen LogP contribution in [-0.4, -0.2) is 13.4 Å². The van der Waals surface area contributed by atoms with Gasteiger partial charge in [0.25, 0.3) is 0 Å². The molecule has 0 bridgehead atoms. The van der Waals surface area contributed by atoms with E-state index in [2.05, 4.69) is 25.6 Å². The van der Waals surface area contributed by atoms with Crippen molar-refractivity contribution in [2.75, 3.05) is 5.73 Å². The number of aromatic nitrogens is 1. The molecule has 3 rings (SSSR count). The second kappa shape index (κ2) is 5.68. The molecular weight excluding hydrogens is 374 g/mol. The topological polar surface area (TPSA) is 85.1 Å². The number of sulfonamides is 1. The number of nitrogens with one attached hydrogen (secondary N) is 1. The van der Waals surface area contributed by atoms with E-state index in [1.165, 1.54) is 17.1 Å². The van der Waals surface area contributed by atoms with E-state index < -0.39 is 10.0 Å². The Labute approximate surface area is 135 Å². The van der Waals surface area contributed by atoms with Crippen LogP contribution in [0.3, 0.4) is 0 Å². The maximum Gasteiger partial charge on any atom is 0.244 e. The van der Waals surface area contributed by atoms with Crippen LogP contribution in [-0.2, 0) is 16.4 Å². The minimum absolute atomic E-state index is 0.00653. The standard InChI is InChI=1S/C13H14BrN3O2S2/c14-8-6-12(13(15)16-7-8)21(18,19)17-10-2-1-3-11-9(10)4-5-20-11/h4-7,10,17H,1-3H2,(H2,15,16). The monoisotopic (exact) mass is 387 g/mol. The normalized spacial score (nSPS) is 18.4. The Balaban J connectivity index is 1.93. The summed E-state index contributed by atoms with van der Waals surface area (Å²) in [6, 6.07) is 3.28. The molecule has 5 nitrogen and oxygen atoms in total. The lowest BCUT2D eigenvalue weighted by molar-refractivity contribution is 0.511. The van der Waals surface area contributed by atoms with Crippen LogP contribution < -0.4 is 10.5 Å². The van der Waals surface area contributed by atoms with Gasteiger partial charge in [0.05, 0.1) is 0 Å². The molecule has 1 aliphatic carbocycles. The van der Waals surface area contributed by atoms with E-state index in [0.717, 1.165) is 24.8 Å². The number of nitrogen functional groups attached to an aromatic ring is 1. The summed E-state index contributed by atoms with van der Waals surface area (Å²) in [5.74, 6) is 0.00653. The van der Waals surface area contributed by atoms with Crippen molar-refractivity contribution in [1.29, 1.82) is 0 Å². The molecule has 0 radical (unpaired) electrons. The summed E-state index contributed by atoms with van der Waals surface area (Å²) >= 11 is 4.90. The highest BCUT2D eigenvalue weighted by atomic mass is 79.9. The zero-order valence-electron chi connectivity index (χ0n) is 11.0. The number of nitrogens with zero attached hydrogens (tertiary/aromatic N) is 1. The maximum absolute atomic E-state index is 12.6. The first-order valence-corrected chi connectivity index (χ1v) is 9.62. The Morgan fingerprint density at radius 3 is 3.10 bits per heavy atom. The molecule has 8 heteroatoms. The van der Waals surface area contributed by atoms with Gasteiger partial charge in [-0.2, -0.15) is 0 Å². The van der Waals surface area contributed by atoms with E-state index in [0.29, 0.717) is 4.47 Å². The summed E-state index contributed by atoms with van der Waals surface area (Å²) < 4.78 is 28.5. The SMILES string of the molecule is Nc1ncc(Br)cc1S(=O)(=O)NC1CCCc2sccc21. The lowest BCUT2D eigenvalue weighted by Gasteiger charge is -2.23. The van der Waals surface area contributed by atoms with Gasteiger partial charge in [-0.1, -0.05) is 0 Å². The van der Waals surface area contributed by atoms with Gasteiger partial charge in [-0.15, -0.1) is 11.3 Å². The van der Waals surface area contributed by atoms with Crippen LogP contribution in [0.1, 0.15) is 29.3 Å². The quantitative estimate of drug-likeness (QED) is 0.847. The highest BCUT2D eigenvalue weighted by Gasteiger charge is 2.28. The van der Waals surface area contributed by atoms with Gasteiger partial charge in [0.1, 0.15) is 10.7 Å². The molecule has 2 aromatic heterocycles. The summed E-state index contributed by atoms with van der Waals surface area (Å²) in [4.78, 5) is 5.16. The molecule has 1 atom stereocenters. The fourth-order valence-electron chi connectivity index (χ4n) is 2.51. The number of halogens is 1. The van der Waals surface area contributed by atoms with Crippen LogP contribution >= 0.6 is 27.3 Å². The predicted molar refractivity (Wildman–Crippen MR) is 86.7 cm³/mol. The summed E-state index contributed by atoms with van der Waals surface area (Å²) in [6.45, 7) is 0. The Morgan fingerprint density at radius 2 is 2.29 bits per heavy atom. The number of anilines is 1. The van der Waals surface area contributed by atoms with Crippen LogP contribution in [0.5, 0.6) is 0 Å². The predicted octanol–water partition coefficient (Wildman–Crippen LogP) is 2.84. The van der Waals surface area contributed by atoms with Crippen molar-refractivity contribution < 1.29 is 8.42 Å². The van der Waals surface area contributed by atoms with Gasteiger partial charge in [-0.25, -0.2) is 18.1 Å². The summed E-state index contributed by atoms with van der Waals surface area (Å²) in [7, 11) is -3.70. The minimum atomic E-state index is -3.70. The third kappa shape index (κ3) is 2.98. The van der Waals surface area contributed by atoms with E-state index in [1.807, 2.05) is 11.4 Å². The zero-order valence-corrected chi connectivity index (χ0v) is 14.3. The fraction of sp³-hybridized carbons (Fsp3) is 0.308.